The van der Waals surface area contributed by atoms with Gasteiger partial charge in [-0.2, -0.15) is 0 Å². The van der Waals surface area contributed by atoms with Gasteiger partial charge in [0.15, 0.2) is 0 Å². The molecule has 0 amide bonds. The van der Waals surface area contributed by atoms with E-state index < -0.39 is 10.9 Å². The molecule has 1 aromatic rings. The third-order valence-corrected chi connectivity index (χ3v) is 3.14. The van der Waals surface area contributed by atoms with E-state index in [1.54, 1.807) is 0 Å². The van der Waals surface area contributed by atoms with Gasteiger partial charge in [-0.25, -0.2) is 4.79 Å². The van der Waals surface area contributed by atoms with Crippen LogP contribution in [-0.4, -0.2) is 22.8 Å². The number of alkyl halides is 1. The SMILES string of the molecule is O=C(OCCCCCCBr)c1ccc([N+](=O)[O-])cc1. The highest BCUT2D eigenvalue weighted by atomic mass is 79.9. The van der Waals surface area contributed by atoms with Crippen LogP contribution in [0.4, 0.5) is 5.69 Å². The number of rotatable bonds is 8. The van der Waals surface area contributed by atoms with Crippen LogP contribution in [0.5, 0.6) is 0 Å². The van der Waals surface area contributed by atoms with Gasteiger partial charge in [0.05, 0.1) is 17.1 Å². The van der Waals surface area contributed by atoms with Crippen molar-refractivity contribution < 1.29 is 14.5 Å². The zero-order valence-electron chi connectivity index (χ0n) is 10.5. The first-order valence-electron chi connectivity index (χ1n) is 6.12. The van der Waals surface area contributed by atoms with Crippen LogP contribution in [-0.2, 0) is 4.74 Å². The maximum atomic E-state index is 11.6. The fourth-order valence-corrected chi connectivity index (χ4v) is 1.91. The number of carbonyl (C=O) groups excluding carboxylic acids is 1. The predicted molar refractivity (Wildman–Crippen MR) is 75.6 cm³/mol. The summed E-state index contributed by atoms with van der Waals surface area (Å²) >= 11 is 3.36. The molecule has 0 fully saturated rings. The van der Waals surface area contributed by atoms with E-state index in [-0.39, 0.29) is 5.69 Å². The van der Waals surface area contributed by atoms with Gasteiger partial charge in [0.2, 0.25) is 0 Å². The summed E-state index contributed by atoms with van der Waals surface area (Å²) in [5.74, 6) is -0.435. The average molecular weight is 330 g/mol. The van der Waals surface area contributed by atoms with E-state index in [9.17, 15) is 14.9 Å². The second-order valence-corrected chi connectivity index (χ2v) is 4.84. The minimum atomic E-state index is -0.501. The molecule has 0 saturated heterocycles. The summed E-state index contributed by atoms with van der Waals surface area (Å²) in [7, 11) is 0. The number of unbranched alkanes of at least 4 members (excludes halogenated alkanes) is 3. The number of hydrogen-bond acceptors (Lipinski definition) is 4. The van der Waals surface area contributed by atoms with E-state index in [0.29, 0.717) is 12.2 Å². The Labute approximate surface area is 120 Å². The van der Waals surface area contributed by atoms with Crippen molar-refractivity contribution in [1.29, 1.82) is 0 Å². The van der Waals surface area contributed by atoms with Gasteiger partial charge in [0.1, 0.15) is 0 Å². The maximum absolute atomic E-state index is 11.6. The molecule has 1 aromatic carbocycles. The van der Waals surface area contributed by atoms with E-state index in [4.69, 9.17) is 4.74 Å². The Morgan fingerprint density at radius 2 is 1.79 bits per heavy atom. The van der Waals surface area contributed by atoms with Crippen LogP contribution >= 0.6 is 15.9 Å². The first-order chi connectivity index (χ1) is 9.15. The zero-order valence-corrected chi connectivity index (χ0v) is 12.1. The Morgan fingerprint density at radius 1 is 1.16 bits per heavy atom. The molecule has 104 valence electrons. The van der Waals surface area contributed by atoms with Gasteiger partial charge in [0, 0.05) is 17.5 Å². The van der Waals surface area contributed by atoms with Crippen molar-refractivity contribution in [2.45, 2.75) is 25.7 Å². The first-order valence-corrected chi connectivity index (χ1v) is 7.25. The fraction of sp³-hybridized carbons (Fsp3) is 0.462. The quantitative estimate of drug-likeness (QED) is 0.240. The second kappa shape index (κ2) is 8.63. The van der Waals surface area contributed by atoms with Crippen LogP contribution in [0.3, 0.4) is 0 Å². The molecule has 0 spiro atoms. The number of esters is 1. The number of benzene rings is 1. The highest BCUT2D eigenvalue weighted by Crippen LogP contribution is 2.13. The summed E-state index contributed by atoms with van der Waals surface area (Å²) in [6, 6.07) is 5.41. The molecule has 0 aliphatic heterocycles. The highest BCUT2D eigenvalue weighted by Gasteiger charge is 2.10. The summed E-state index contributed by atoms with van der Waals surface area (Å²) in [4.78, 5) is 21.6. The van der Waals surface area contributed by atoms with Crippen molar-refractivity contribution in [3.8, 4) is 0 Å². The average Bonchev–Trinajstić information content (AvgIpc) is 2.42. The Kier molecular flexibility index (Phi) is 7.10. The minimum Gasteiger partial charge on any atom is -0.462 e. The molecule has 19 heavy (non-hydrogen) atoms. The number of hydrogen-bond donors (Lipinski definition) is 0. The summed E-state index contributed by atoms with van der Waals surface area (Å²) in [6.45, 7) is 0.387. The third kappa shape index (κ3) is 5.83. The lowest BCUT2D eigenvalue weighted by Crippen LogP contribution is -2.06. The van der Waals surface area contributed by atoms with Gasteiger partial charge in [-0.1, -0.05) is 28.8 Å². The van der Waals surface area contributed by atoms with Crippen molar-refractivity contribution in [2.24, 2.45) is 0 Å². The summed E-state index contributed by atoms with van der Waals surface area (Å²) < 4.78 is 5.09. The second-order valence-electron chi connectivity index (χ2n) is 4.04. The van der Waals surface area contributed by atoms with Crippen LogP contribution in [0.15, 0.2) is 24.3 Å². The van der Waals surface area contributed by atoms with E-state index in [2.05, 4.69) is 15.9 Å². The molecule has 0 radical (unpaired) electrons. The Hall–Kier alpha value is -1.43. The number of ether oxygens (including phenoxy) is 1. The molecule has 0 unspecified atom stereocenters. The lowest BCUT2D eigenvalue weighted by atomic mass is 10.2. The Bertz CT molecular complexity index is 419. The van der Waals surface area contributed by atoms with Crippen LogP contribution in [0.1, 0.15) is 36.0 Å². The molecule has 0 saturated carbocycles. The fourth-order valence-electron chi connectivity index (χ4n) is 1.52. The number of nitro groups is 1. The number of non-ortho nitro benzene ring substituents is 1. The van der Waals surface area contributed by atoms with Gasteiger partial charge < -0.3 is 4.74 Å². The maximum Gasteiger partial charge on any atom is 0.338 e. The highest BCUT2D eigenvalue weighted by molar-refractivity contribution is 9.09. The summed E-state index contributed by atoms with van der Waals surface area (Å²) in [5, 5.41) is 11.5. The summed E-state index contributed by atoms with van der Waals surface area (Å²) in [6.07, 6.45) is 4.10. The van der Waals surface area contributed by atoms with Gasteiger partial charge in [-0.05, 0) is 25.0 Å². The van der Waals surface area contributed by atoms with Crippen LogP contribution in [0.2, 0.25) is 0 Å². The Morgan fingerprint density at radius 3 is 2.37 bits per heavy atom. The van der Waals surface area contributed by atoms with Crippen molar-refractivity contribution in [3.05, 3.63) is 39.9 Å². The lowest BCUT2D eigenvalue weighted by molar-refractivity contribution is -0.384. The largest absolute Gasteiger partial charge is 0.462 e. The molecule has 0 N–H and O–H groups in total. The van der Waals surface area contributed by atoms with Gasteiger partial charge >= 0.3 is 5.97 Å². The lowest BCUT2D eigenvalue weighted by Gasteiger charge is -2.04. The van der Waals surface area contributed by atoms with Gasteiger partial charge in [-0.15, -0.1) is 0 Å². The number of nitro benzene ring substituents is 1. The van der Waals surface area contributed by atoms with Gasteiger partial charge in [-0.3, -0.25) is 10.1 Å². The minimum absolute atomic E-state index is 0.0358. The monoisotopic (exact) mass is 329 g/mol. The van der Waals surface area contributed by atoms with Crippen molar-refractivity contribution in [1.82, 2.24) is 0 Å². The standard InChI is InChI=1S/C13H16BrNO4/c14-9-3-1-2-4-10-19-13(16)11-5-7-12(8-6-11)15(17)18/h5-8H,1-4,9-10H2. The molecule has 0 aromatic heterocycles. The van der Waals surface area contributed by atoms with Crippen molar-refractivity contribution >= 4 is 27.6 Å². The smallest absolute Gasteiger partial charge is 0.338 e. The van der Waals surface area contributed by atoms with E-state index >= 15 is 0 Å². The molecule has 1 rings (SSSR count). The molecule has 6 heteroatoms. The zero-order chi connectivity index (χ0) is 14.1. The summed E-state index contributed by atoms with van der Waals surface area (Å²) in [5.41, 5.74) is 0.303. The molecule has 5 nitrogen and oxygen atoms in total. The number of carbonyl (C=O) groups is 1. The molecule has 0 aliphatic rings. The molecule has 0 atom stereocenters. The molecule has 0 bridgehead atoms. The molecular weight excluding hydrogens is 314 g/mol. The van der Waals surface area contributed by atoms with E-state index in [1.807, 2.05) is 0 Å². The molecular formula is C13H16BrNO4. The first kappa shape index (κ1) is 15.6. The van der Waals surface area contributed by atoms with Crippen molar-refractivity contribution in [3.63, 3.8) is 0 Å². The number of halogens is 1. The van der Waals surface area contributed by atoms with Crippen LogP contribution in [0.25, 0.3) is 0 Å². The van der Waals surface area contributed by atoms with Crippen molar-refractivity contribution in [2.75, 3.05) is 11.9 Å². The third-order valence-electron chi connectivity index (χ3n) is 2.57. The number of nitrogens with zero attached hydrogens (tertiary/aromatic N) is 1. The van der Waals surface area contributed by atoms with Gasteiger partial charge in [0.25, 0.3) is 5.69 Å². The topological polar surface area (TPSA) is 69.4 Å². The molecule has 0 heterocycles. The normalized spacial score (nSPS) is 10.2. The van der Waals surface area contributed by atoms with E-state index in [1.165, 1.54) is 24.3 Å². The Balaban J connectivity index is 2.31. The predicted octanol–water partition coefficient (Wildman–Crippen LogP) is 3.71. The van der Waals surface area contributed by atoms with E-state index in [0.717, 1.165) is 31.0 Å². The van der Waals surface area contributed by atoms with Crippen LogP contribution in [0, 0.1) is 10.1 Å². The molecule has 0 aliphatic carbocycles. The van der Waals surface area contributed by atoms with Crippen LogP contribution < -0.4 is 0 Å².